The molecule has 1 aliphatic carbocycles. The molecule has 4 rings (SSSR count). The molecule has 29 heavy (non-hydrogen) atoms. The molecular formula is C21H22NO6P. The molecule has 7 nitrogen and oxygen atoms in total. The Labute approximate surface area is 168 Å². The molecule has 2 N–H and O–H groups in total. The van der Waals surface area contributed by atoms with Crippen LogP contribution in [0.25, 0.3) is 11.6 Å². The van der Waals surface area contributed by atoms with E-state index in [4.69, 9.17) is 0 Å². The van der Waals surface area contributed by atoms with Crippen molar-refractivity contribution in [1.82, 2.24) is 5.32 Å². The van der Waals surface area contributed by atoms with E-state index < -0.39 is 13.6 Å². The topological polar surface area (TPSA) is 94.1 Å². The normalized spacial score (nSPS) is 20.4. The van der Waals surface area contributed by atoms with Gasteiger partial charge in [-0.05, 0) is 34.9 Å². The van der Waals surface area contributed by atoms with Crippen LogP contribution in [0.1, 0.15) is 5.56 Å². The molecule has 0 amide bonds. The van der Waals surface area contributed by atoms with Crippen LogP contribution in [0.5, 0.6) is 0 Å². The Hall–Kier alpha value is -2.28. The van der Waals surface area contributed by atoms with E-state index >= 15 is 0 Å². The number of carboxylic acids is 1. The molecule has 2 atom stereocenters. The summed E-state index contributed by atoms with van der Waals surface area (Å²) >= 11 is 0. The van der Waals surface area contributed by atoms with Gasteiger partial charge in [0.1, 0.15) is 0 Å². The minimum Gasteiger partial charge on any atom is -0.478 e. The highest BCUT2D eigenvalue weighted by Gasteiger charge is 2.40. The zero-order valence-electron chi connectivity index (χ0n) is 15.7. The summed E-state index contributed by atoms with van der Waals surface area (Å²) in [4.78, 5) is 11.8. The summed E-state index contributed by atoms with van der Waals surface area (Å²) in [6.07, 6.45) is 2.89. The second-order valence-corrected chi connectivity index (χ2v) is 9.19. The predicted molar refractivity (Wildman–Crippen MR) is 107 cm³/mol. The van der Waals surface area contributed by atoms with Crippen molar-refractivity contribution in [3.05, 3.63) is 70.6 Å². The van der Waals surface area contributed by atoms with Crippen molar-refractivity contribution in [2.45, 2.75) is 6.42 Å². The number of nitrogens with one attached hydrogen (secondary N) is 1. The van der Waals surface area contributed by atoms with Gasteiger partial charge in [0, 0.05) is 12.5 Å². The van der Waals surface area contributed by atoms with Crippen molar-refractivity contribution in [2.24, 2.45) is 11.8 Å². The molecule has 1 fully saturated rings. The van der Waals surface area contributed by atoms with E-state index in [1.807, 2.05) is 60.7 Å². The summed E-state index contributed by atoms with van der Waals surface area (Å²) in [6, 6.07) is 17.4. The summed E-state index contributed by atoms with van der Waals surface area (Å²) in [5.41, 5.74) is 1.52. The van der Waals surface area contributed by atoms with Crippen LogP contribution in [0.4, 0.5) is 0 Å². The maximum Gasteiger partial charge on any atom is 0.391 e. The van der Waals surface area contributed by atoms with Gasteiger partial charge in [-0.25, -0.2) is 4.79 Å². The largest absolute Gasteiger partial charge is 0.478 e. The molecule has 1 heterocycles. The van der Waals surface area contributed by atoms with Crippen LogP contribution in [0, 0.1) is 11.8 Å². The fraction of sp³-hybridized carbons (Fsp3) is 0.286. The van der Waals surface area contributed by atoms with Gasteiger partial charge < -0.3 is 10.4 Å². The van der Waals surface area contributed by atoms with Crippen LogP contribution in [-0.2, 0) is 30.2 Å². The third-order valence-electron chi connectivity index (χ3n) is 5.17. The smallest absolute Gasteiger partial charge is 0.391 e. The molecule has 1 aliphatic heterocycles. The van der Waals surface area contributed by atoms with Gasteiger partial charge in [-0.3, -0.25) is 4.57 Å². The zero-order chi connectivity index (χ0) is 20.3. The fourth-order valence-electron chi connectivity index (χ4n) is 3.89. The minimum atomic E-state index is -3.20. The molecule has 2 aromatic rings. The van der Waals surface area contributed by atoms with Gasteiger partial charge in [0.05, 0.1) is 11.7 Å². The summed E-state index contributed by atoms with van der Waals surface area (Å²) < 4.78 is 21.6. The Morgan fingerprint density at radius 3 is 2.52 bits per heavy atom. The third kappa shape index (κ3) is 4.66. The van der Waals surface area contributed by atoms with Crippen molar-refractivity contribution in [3.8, 4) is 0 Å². The number of hydrogen-bond donors (Lipinski definition) is 2. The first-order valence-corrected chi connectivity index (χ1v) is 11.2. The van der Waals surface area contributed by atoms with Crippen molar-refractivity contribution in [3.63, 3.8) is 0 Å². The Kier molecular flexibility index (Phi) is 5.94. The molecule has 0 radical (unpaired) electrons. The van der Waals surface area contributed by atoms with Crippen LogP contribution in [0.15, 0.2) is 54.6 Å². The van der Waals surface area contributed by atoms with E-state index in [2.05, 4.69) is 19.7 Å². The number of hydrogen-bond acceptors (Lipinski definition) is 6. The van der Waals surface area contributed by atoms with Crippen LogP contribution < -0.4 is 15.8 Å². The van der Waals surface area contributed by atoms with E-state index in [9.17, 15) is 14.5 Å². The molecule has 0 aromatic heterocycles. The van der Waals surface area contributed by atoms with Gasteiger partial charge in [0.15, 0.2) is 0 Å². The lowest BCUT2D eigenvalue weighted by molar-refractivity contribution is -0.487. The third-order valence-corrected chi connectivity index (χ3v) is 6.71. The van der Waals surface area contributed by atoms with Gasteiger partial charge in [-0.1, -0.05) is 65.7 Å². The Balaban J connectivity index is 1.43. The van der Waals surface area contributed by atoms with Gasteiger partial charge in [0.2, 0.25) is 0 Å². The highest BCUT2D eigenvalue weighted by atomic mass is 31.2. The molecular weight excluding hydrogens is 393 g/mol. The van der Waals surface area contributed by atoms with E-state index in [0.29, 0.717) is 25.1 Å². The summed E-state index contributed by atoms with van der Waals surface area (Å²) in [7, 11) is -3.20. The molecule has 2 aromatic carbocycles. The van der Waals surface area contributed by atoms with E-state index in [1.54, 1.807) is 0 Å². The maximum atomic E-state index is 12.3. The van der Waals surface area contributed by atoms with Crippen molar-refractivity contribution in [1.29, 1.82) is 0 Å². The Morgan fingerprint density at radius 2 is 1.83 bits per heavy atom. The number of carbonyl (C=O) groups is 1. The maximum absolute atomic E-state index is 12.3. The SMILES string of the molecule is O=C(O)C1=c2ccccc2=CC1CNCC(Cc1ccccc1)CP1(=O)OOO1. The second-order valence-electron chi connectivity index (χ2n) is 7.30. The van der Waals surface area contributed by atoms with E-state index in [1.165, 1.54) is 0 Å². The van der Waals surface area contributed by atoms with Crippen molar-refractivity contribution >= 4 is 25.2 Å². The van der Waals surface area contributed by atoms with Gasteiger partial charge >= 0.3 is 13.6 Å². The first-order chi connectivity index (χ1) is 14.0. The second kappa shape index (κ2) is 8.61. The van der Waals surface area contributed by atoms with E-state index in [0.717, 1.165) is 16.0 Å². The lowest BCUT2D eigenvalue weighted by Gasteiger charge is -2.26. The van der Waals surface area contributed by atoms with E-state index in [-0.39, 0.29) is 18.0 Å². The highest BCUT2D eigenvalue weighted by molar-refractivity contribution is 7.54. The molecule has 2 aliphatic rings. The molecule has 0 bridgehead atoms. The first kappa shape index (κ1) is 20.0. The average Bonchev–Trinajstić information content (AvgIpc) is 3.06. The Bertz CT molecular complexity index is 1050. The number of fused-ring (bicyclic) bond motifs is 1. The van der Waals surface area contributed by atoms with Gasteiger partial charge in [-0.2, -0.15) is 0 Å². The highest BCUT2D eigenvalue weighted by Crippen LogP contribution is 2.57. The molecule has 8 heteroatoms. The number of rotatable bonds is 9. The summed E-state index contributed by atoms with van der Waals surface area (Å²) in [5.74, 6) is -1.15. The zero-order valence-corrected chi connectivity index (χ0v) is 16.6. The monoisotopic (exact) mass is 415 g/mol. The first-order valence-electron chi connectivity index (χ1n) is 9.47. The van der Waals surface area contributed by atoms with Gasteiger partial charge in [-0.15, -0.1) is 9.35 Å². The standard InChI is InChI=1S/C21H22NO6P/c23-21(24)20-18(11-17-8-4-5-9-19(17)20)13-22-12-16(14-29(25)27-26-28-29)10-15-6-2-1-3-7-15/h1-9,11,16,18,22H,10,12-14H2,(H,23,24). The number of carboxylic acid groups (broad SMARTS) is 1. The molecule has 2 unspecified atom stereocenters. The van der Waals surface area contributed by atoms with Crippen molar-refractivity contribution < 1.29 is 28.9 Å². The van der Waals surface area contributed by atoms with Crippen LogP contribution in [-0.4, -0.2) is 30.3 Å². The minimum absolute atomic E-state index is 0.0239. The molecule has 0 spiro atoms. The molecule has 0 saturated carbocycles. The number of aliphatic carboxylic acids is 1. The lowest BCUT2D eigenvalue weighted by Crippen LogP contribution is -2.32. The fourth-order valence-corrected chi connectivity index (χ4v) is 5.10. The Morgan fingerprint density at radius 1 is 1.10 bits per heavy atom. The number of benzene rings is 2. The van der Waals surface area contributed by atoms with Gasteiger partial charge in [0.25, 0.3) is 0 Å². The molecule has 1 saturated heterocycles. The predicted octanol–water partition coefficient (Wildman–Crippen LogP) is 1.87. The molecule has 152 valence electrons. The van der Waals surface area contributed by atoms with Crippen LogP contribution in [0.3, 0.4) is 0 Å². The lowest BCUT2D eigenvalue weighted by atomic mass is 9.99. The average molecular weight is 415 g/mol. The summed E-state index contributed by atoms with van der Waals surface area (Å²) in [5, 5.41) is 18.9. The van der Waals surface area contributed by atoms with Crippen LogP contribution in [0.2, 0.25) is 0 Å². The van der Waals surface area contributed by atoms with Crippen LogP contribution >= 0.6 is 7.60 Å². The summed E-state index contributed by atoms with van der Waals surface area (Å²) in [6.45, 7) is 1.02. The van der Waals surface area contributed by atoms with Crippen molar-refractivity contribution in [2.75, 3.05) is 19.3 Å². The quantitative estimate of drug-likeness (QED) is 0.477.